The summed E-state index contributed by atoms with van der Waals surface area (Å²) in [6.45, 7) is 4.91. The summed E-state index contributed by atoms with van der Waals surface area (Å²) in [5.74, 6) is 6.91. The molecular weight excluding hydrogens is 546 g/mol. The predicted octanol–water partition coefficient (Wildman–Crippen LogP) is 5.12. The number of fused-ring (bicyclic) bond motifs is 6. The number of rotatable bonds is 3. The highest BCUT2D eigenvalue weighted by molar-refractivity contribution is 6.01. The number of aryl methyl sites for hydroxylation is 1. The van der Waals surface area contributed by atoms with E-state index in [0.29, 0.717) is 35.8 Å². The van der Waals surface area contributed by atoms with Gasteiger partial charge in [-0.3, -0.25) is 9.88 Å². The molecule has 0 aliphatic carbocycles. The van der Waals surface area contributed by atoms with Gasteiger partial charge in [0.05, 0.1) is 10.9 Å². The Bertz CT molecular complexity index is 1830. The zero-order valence-electron chi connectivity index (χ0n) is 24.2. The van der Waals surface area contributed by atoms with E-state index in [9.17, 15) is 9.50 Å². The number of phenols is 1. The first-order chi connectivity index (χ1) is 20.9. The summed E-state index contributed by atoms with van der Waals surface area (Å²) in [5, 5.41) is 16.4. The molecule has 2 N–H and O–H groups in total. The average molecular weight is 581 g/mol. The first-order valence-electron chi connectivity index (χ1n) is 15.5. The molecule has 2 aromatic heterocycles. The normalized spacial score (nSPS) is 26.7. The SMILES string of the molecule is CCc1cccc2cc(O)cc(-c3ncc4c(N5C[C@H]6CC[C@@H]5CN6)nc(C#C[C@@]56CCCN5C[C@H](F)C6)nc4c3F)c12. The summed E-state index contributed by atoms with van der Waals surface area (Å²) in [6, 6.07) is 9.74. The molecular formula is C34H34F2N6O. The average Bonchev–Trinajstić information content (AvgIpc) is 3.55. The van der Waals surface area contributed by atoms with E-state index in [-0.39, 0.29) is 28.8 Å². The van der Waals surface area contributed by atoms with Crippen molar-refractivity contribution in [2.45, 2.75) is 69.2 Å². The van der Waals surface area contributed by atoms with Crippen LogP contribution in [0.2, 0.25) is 0 Å². The molecule has 9 heteroatoms. The smallest absolute Gasteiger partial charge is 0.207 e. The minimum absolute atomic E-state index is 0.0481. The van der Waals surface area contributed by atoms with Crippen LogP contribution in [0.1, 0.15) is 50.4 Å². The predicted molar refractivity (Wildman–Crippen MR) is 163 cm³/mol. The Hall–Kier alpha value is -3.87. The lowest BCUT2D eigenvalue weighted by atomic mass is 9.92. The molecule has 7 nitrogen and oxygen atoms in total. The second-order valence-corrected chi connectivity index (χ2v) is 12.5. The van der Waals surface area contributed by atoms with Gasteiger partial charge in [-0.05, 0) is 73.0 Å². The fourth-order valence-electron chi connectivity index (χ4n) is 7.91. The maximum absolute atomic E-state index is 16.8. The van der Waals surface area contributed by atoms with Gasteiger partial charge in [-0.2, -0.15) is 0 Å². The van der Waals surface area contributed by atoms with E-state index < -0.39 is 17.5 Å². The Balaban J connectivity index is 1.33. The van der Waals surface area contributed by atoms with Gasteiger partial charge >= 0.3 is 0 Å². The summed E-state index contributed by atoms with van der Waals surface area (Å²) in [7, 11) is 0. The van der Waals surface area contributed by atoms with Gasteiger partial charge in [0.2, 0.25) is 5.82 Å². The van der Waals surface area contributed by atoms with Crippen molar-refractivity contribution in [3.8, 4) is 28.8 Å². The number of aromatic nitrogens is 3. The van der Waals surface area contributed by atoms with E-state index in [1.165, 1.54) is 0 Å². The van der Waals surface area contributed by atoms with Crippen LogP contribution in [0.15, 0.2) is 36.5 Å². The first kappa shape index (κ1) is 26.7. The van der Waals surface area contributed by atoms with Crippen LogP contribution in [0, 0.1) is 17.7 Å². The first-order valence-corrected chi connectivity index (χ1v) is 15.5. The number of anilines is 1. The van der Waals surface area contributed by atoms with Crippen LogP contribution in [0.25, 0.3) is 32.9 Å². The van der Waals surface area contributed by atoms with Crippen LogP contribution < -0.4 is 10.2 Å². The van der Waals surface area contributed by atoms with Gasteiger partial charge in [0.25, 0.3) is 0 Å². The number of phenolic OH excluding ortho intramolecular Hbond substituents is 1. The summed E-state index contributed by atoms with van der Waals surface area (Å²) < 4.78 is 31.2. The lowest BCUT2D eigenvalue weighted by Crippen LogP contribution is -2.61. The Morgan fingerprint density at radius 1 is 1.19 bits per heavy atom. The van der Waals surface area contributed by atoms with Gasteiger partial charge in [-0.25, -0.2) is 18.7 Å². The fraction of sp³-hybridized carbons (Fsp3) is 0.441. The summed E-state index contributed by atoms with van der Waals surface area (Å²) in [6.07, 6.45) is 5.84. The van der Waals surface area contributed by atoms with Gasteiger partial charge in [0.15, 0.2) is 5.82 Å². The van der Waals surface area contributed by atoms with Crippen LogP contribution in [-0.4, -0.2) is 74.9 Å². The topological polar surface area (TPSA) is 77.4 Å². The number of aromatic hydroxyl groups is 1. The van der Waals surface area contributed by atoms with Crippen LogP contribution in [0.5, 0.6) is 5.75 Å². The van der Waals surface area contributed by atoms with E-state index >= 15 is 4.39 Å². The van der Waals surface area contributed by atoms with Gasteiger partial charge < -0.3 is 15.3 Å². The third-order valence-electron chi connectivity index (χ3n) is 9.98. The van der Waals surface area contributed by atoms with Crippen molar-refractivity contribution in [2.24, 2.45) is 0 Å². The molecule has 9 rings (SSSR count). The van der Waals surface area contributed by atoms with E-state index in [1.54, 1.807) is 18.3 Å². The number of halogens is 2. The van der Waals surface area contributed by atoms with E-state index in [2.05, 4.69) is 38.9 Å². The number of hydrogen-bond acceptors (Lipinski definition) is 7. The van der Waals surface area contributed by atoms with Gasteiger partial charge in [-0.15, -0.1) is 0 Å². The second-order valence-electron chi connectivity index (χ2n) is 12.5. The Kier molecular flexibility index (Phi) is 6.28. The van der Waals surface area contributed by atoms with E-state index in [0.717, 1.165) is 68.1 Å². The van der Waals surface area contributed by atoms with Gasteiger partial charge in [-0.1, -0.05) is 31.0 Å². The summed E-state index contributed by atoms with van der Waals surface area (Å²) >= 11 is 0. The number of benzene rings is 2. The number of piperazine rings is 1. The molecule has 5 aliphatic rings. The van der Waals surface area contributed by atoms with Crippen LogP contribution in [0.3, 0.4) is 0 Å². The molecule has 5 fully saturated rings. The Morgan fingerprint density at radius 2 is 2.09 bits per heavy atom. The van der Waals surface area contributed by atoms with Crippen molar-refractivity contribution in [1.82, 2.24) is 25.2 Å². The van der Waals surface area contributed by atoms with E-state index in [4.69, 9.17) is 9.97 Å². The molecule has 0 saturated carbocycles. The number of alkyl halides is 1. The molecule has 4 atom stereocenters. The highest BCUT2D eigenvalue weighted by Gasteiger charge is 2.47. The third kappa shape index (κ3) is 4.34. The zero-order chi connectivity index (χ0) is 29.3. The molecule has 4 aromatic rings. The van der Waals surface area contributed by atoms with Crippen LogP contribution in [0.4, 0.5) is 14.6 Å². The maximum atomic E-state index is 16.8. The number of nitrogens with zero attached hydrogens (tertiary/aromatic N) is 5. The van der Waals surface area contributed by atoms with Crippen molar-refractivity contribution in [3.05, 3.63) is 53.7 Å². The lowest BCUT2D eigenvalue weighted by Gasteiger charge is -2.46. The maximum Gasteiger partial charge on any atom is 0.207 e. The number of pyridine rings is 1. The minimum Gasteiger partial charge on any atom is -0.508 e. The van der Waals surface area contributed by atoms with Crippen molar-refractivity contribution < 1.29 is 13.9 Å². The monoisotopic (exact) mass is 580 g/mol. The molecule has 0 spiro atoms. The Morgan fingerprint density at radius 3 is 2.88 bits per heavy atom. The standard InChI is InChI=1S/C34H34F2N6O/c1-2-20-5-3-6-21-13-25(43)14-26(29(20)21)31-30(36)32-27(17-38-31)33(42-19-23-7-8-24(42)16-37-23)40-28(39-32)9-11-34-10-4-12-41(34)18-22(35)15-34/h3,5-6,13-14,17,22-24,37,43H,2,4,7-8,10,12,15-16,18-19H2,1H3/t22-,23-,24-,34-/m1/s1. The van der Waals surface area contributed by atoms with Crippen molar-refractivity contribution >= 4 is 27.5 Å². The third-order valence-corrected chi connectivity index (χ3v) is 9.98. The second kappa shape index (κ2) is 10.1. The molecule has 220 valence electrons. The van der Waals surface area contributed by atoms with Gasteiger partial charge in [0, 0.05) is 49.9 Å². The van der Waals surface area contributed by atoms with Gasteiger partial charge in [0.1, 0.15) is 28.9 Å². The molecule has 0 radical (unpaired) electrons. The van der Waals surface area contributed by atoms with Crippen molar-refractivity contribution in [1.29, 1.82) is 0 Å². The fourth-order valence-corrected chi connectivity index (χ4v) is 7.91. The summed E-state index contributed by atoms with van der Waals surface area (Å²) in [4.78, 5) is 18.7. The zero-order valence-corrected chi connectivity index (χ0v) is 24.2. The molecule has 0 amide bonds. The number of nitrogens with one attached hydrogen (secondary N) is 1. The minimum atomic E-state index is -0.893. The van der Waals surface area contributed by atoms with Crippen LogP contribution >= 0.6 is 0 Å². The molecule has 5 aliphatic heterocycles. The highest BCUT2D eigenvalue weighted by Crippen LogP contribution is 2.41. The summed E-state index contributed by atoms with van der Waals surface area (Å²) in [5.41, 5.74) is 1.36. The molecule has 7 heterocycles. The van der Waals surface area contributed by atoms with Crippen molar-refractivity contribution in [3.63, 3.8) is 0 Å². The van der Waals surface area contributed by atoms with Crippen LogP contribution in [-0.2, 0) is 6.42 Å². The highest BCUT2D eigenvalue weighted by atomic mass is 19.1. The van der Waals surface area contributed by atoms with Crippen molar-refractivity contribution in [2.75, 3.05) is 31.1 Å². The molecule has 2 aromatic carbocycles. The number of hydrogen-bond donors (Lipinski definition) is 2. The lowest BCUT2D eigenvalue weighted by molar-refractivity contribution is 0.255. The molecule has 5 saturated heterocycles. The molecule has 0 unspecified atom stereocenters. The van der Waals surface area contributed by atoms with E-state index in [1.807, 2.05) is 18.2 Å². The molecule has 43 heavy (non-hydrogen) atoms. The Labute approximate surface area is 249 Å². The number of piperidine rings is 2. The quantitative estimate of drug-likeness (QED) is 0.326. The molecule has 2 bridgehead atoms. The largest absolute Gasteiger partial charge is 0.508 e.